The van der Waals surface area contributed by atoms with E-state index in [2.05, 4.69) is 21.2 Å². The van der Waals surface area contributed by atoms with Gasteiger partial charge in [0.25, 0.3) is 5.91 Å². The van der Waals surface area contributed by atoms with Crippen LogP contribution in [0.4, 0.5) is 0 Å². The van der Waals surface area contributed by atoms with Crippen molar-refractivity contribution in [2.24, 2.45) is 5.92 Å². The Labute approximate surface area is 138 Å². The van der Waals surface area contributed by atoms with Crippen LogP contribution in [0.15, 0.2) is 15.9 Å². The number of halogens is 1. The number of carbonyl (C=O) groups excluding carboxylic acids is 2. The number of nitrogens with zero attached hydrogens (tertiary/aromatic N) is 1. The Kier molecular flexibility index (Phi) is 5.81. The molecule has 2 amide bonds. The van der Waals surface area contributed by atoms with Crippen LogP contribution in [0.5, 0.6) is 0 Å². The molecule has 1 aliphatic rings. The minimum atomic E-state index is -0.496. The van der Waals surface area contributed by atoms with E-state index in [1.165, 1.54) is 37.0 Å². The fraction of sp³-hybridized carbons (Fsp3) is 0.600. The van der Waals surface area contributed by atoms with E-state index in [-0.39, 0.29) is 11.8 Å². The highest BCUT2D eigenvalue weighted by molar-refractivity contribution is 9.11. The van der Waals surface area contributed by atoms with Crippen molar-refractivity contribution in [3.05, 3.63) is 20.8 Å². The molecule has 6 heteroatoms. The molecule has 1 N–H and O–H groups in total. The van der Waals surface area contributed by atoms with Gasteiger partial charge in [0.1, 0.15) is 6.04 Å². The van der Waals surface area contributed by atoms with Crippen molar-refractivity contribution in [1.29, 1.82) is 0 Å². The Bertz CT molecular complexity index is 512. The molecule has 4 nitrogen and oxygen atoms in total. The first-order valence-corrected chi connectivity index (χ1v) is 8.89. The lowest BCUT2D eigenvalue weighted by Crippen LogP contribution is -2.46. The third-order valence-corrected chi connectivity index (χ3v) is 5.52. The van der Waals surface area contributed by atoms with Crippen LogP contribution >= 0.6 is 27.3 Å². The lowest BCUT2D eigenvalue weighted by molar-refractivity contribution is -0.132. The van der Waals surface area contributed by atoms with Crippen molar-refractivity contribution in [3.63, 3.8) is 0 Å². The molecule has 0 spiro atoms. The molecule has 0 saturated heterocycles. The molecule has 0 aliphatic heterocycles. The summed E-state index contributed by atoms with van der Waals surface area (Å²) in [6.07, 6.45) is 4.96. The zero-order valence-corrected chi connectivity index (χ0v) is 14.8. The normalized spacial score (nSPS) is 16.7. The van der Waals surface area contributed by atoms with E-state index < -0.39 is 6.04 Å². The topological polar surface area (TPSA) is 49.4 Å². The second-order valence-electron chi connectivity index (χ2n) is 5.67. The Hall–Kier alpha value is -0.880. The lowest BCUT2D eigenvalue weighted by atomic mass is 10.1. The zero-order chi connectivity index (χ0) is 15.4. The van der Waals surface area contributed by atoms with Gasteiger partial charge in [-0.2, -0.15) is 0 Å². The SMILES string of the molecule is CC(NC(=O)c1ccc(Br)s1)C(=O)N(C)CC1CCCC1. The van der Waals surface area contributed by atoms with Crippen LogP contribution in [0.2, 0.25) is 0 Å². The van der Waals surface area contributed by atoms with E-state index in [1.807, 2.05) is 13.1 Å². The molecule has 2 rings (SSSR count). The maximum atomic E-state index is 12.3. The highest BCUT2D eigenvalue weighted by Gasteiger charge is 2.24. The Morgan fingerprint density at radius 3 is 2.67 bits per heavy atom. The molecule has 1 atom stereocenters. The number of likely N-dealkylation sites (N-methyl/N-ethyl adjacent to an activating group) is 1. The lowest BCUT2D eigenvalue weighted by Gasteiger charge is -2.24. The van der Waals surface area contributed by atoms with Gasteiger partial charge in [-0.1, -0.05) is 12.8 Å². The summed E-state index contributed by atoms with van der Waals surface area (Å²) in [5, 5.41) is 2.77. The Morgan fingerprint density at radius 1 is 1.43 bits per heavy atom. The van der Waals surface area contributed by atoms with Crippen molar-refractivity contribution in [2.45, 2.75) is 38.6 Å². The average Bonchev–Trinajstić information content (AvgIpc) is 3.09. The van der Waals surface area contributed by atoms with Gasteiger partial charge in [0.15, 0.2) is 0 Å². The van der Waals surface area contributed by atoms with Crippen molar-refractivity contribution < 1.29 is 9.59 Å². The van der Waals surface area contributed by atoms with Gasteiger partial charge >= 0.3 is 0 Å². The third kappa shape index (κ3) is 4.54. The number of thiophene rings is 1. The van der Waals surface area contributed by atoms with Crippen LogP contribution in [0.1, 0.15) is 42.3 Å². The third-order valence-electron chi connectivity index (χ3n) is 3.90. The summed E-state index contributed by atoms with van der Waals surface area (Å²) in [4.78, 5) is 26.7. The maximum absolute atomic E-state index is 12.3. The summed E-state index contributed by atoms with van der Waals surface area (Å²) in [5.41, 5.74) is 0. The Balaban J connectivity index is 1.85. The monoisotopic (exact) mass is 372 g/mol. The number of rotatable bonds is 5. The van der Waals surface area contributed by atoms with E-state index in [9.17, 15) is 9.59 Å². The van der Waals surface area contributed by atoms with Gasteiger partial charge in [-0.25, -0.2) is 0 Å². The molecule has 21 heavy (non-hydrogen) atoms. The van der Waals surface area contributed by atoms with Gasteiger partial charge in [0, 0.05) is 13.6 Å². The zero-order valence-electron chi connectivity index (χ0n) is 12.4. The molecule has 0 aromatic carbocycles. The van der Waals surface area contributed by atoms with Crippen molar-refractivity contribution in [1.82, 2.24) is 10.2 Å². The number of hydrogen-bond donors (Lipinski definition) is 1. The number of hydrogen-bond acceptors (Lipinski definition) is 3. The van der Waals surface area contributed by atoms with Gasteiger partial charge in [0.05, 0.1) is 8.66 Å². The molecule has 1 aromatic heterocycles. The van der Waals surface area contributed by atoms with Gasteiger partial charge in [-0.15, -0.1) is 11.3 Å². The summed E-state index contributed by atoms with van der Waals surface area (Å²) < 4.78 is 0.907. The molecular formula is C15H21BrN2O2S. The number of nitrogens with one attached hydrogen (secondary N) is 1. The molecule has 0 radical (unpaired) electrons. The summed E-state index contributed by atoms with van der Waals surface area (Å²) in [6, 6.07) is 3.09. The number of carbonyl (C=O) groups is 2. The first kappa shape index (κ1) is 16.5. The predicted molar refractivity (Wildman–Crippen MR) is 88.5 cm³/mol. The molecule has 1 fully saturated rings. The first-order valence-electron chi connectivity index (χ1n) is 7.28. The van der Waals surface area contributed by atoms with Crippen molar-refractivity contribution in [2.75, 3.05) is 13.6 Å². The van der Waals surface area contributed by atoms with Gasteiger partial charge in [0.2, 0.25) is 5.91 Å². The summed E-state index contributed by atoms with van der Waals surface area (Å²) >= 11 is 4.69. The van der Waals surface area contributed by atoms with Crippen LogP contribution in [-0.2, 0) is 4.79 Å². The fourth-order valence-electron chi connectivity index (χ4n) is 2.77. The van der Waals surface area contributed by atoms with Gasteiger partial charge in [-0.05, 0) is 53.7 Å². The molecule has 1 aromatic rings. The molecule has 1 saturated carbocycles. The quantitative estimate of drug-likeness (QED) is 0.861. The van der Waals surface area contributed by atoms with Crippen LogP contribution < -0.4 is 5.32 Å². The van der Waals surface area contributed by atoms with Crippen molar-refractivity contribution in [3.8, 4) is 0 Å². The van der Waals surface area contributed by atoms with Crippen LogP contribution in [0.25, 0.3) is 0 Å². The van der Waals surface area contributed by atoms with Crippen LogP contribution in [0.3, 0.4) is 0 Å². The minimum absolute atomic E-state index is 0.0223. The summed E-state index contributed by atoms with van der Waals surface area (Å²) in [5.74, 6) is 0.404. The summed E-state index contributed by atoms with van der Waals surface area (Å²) in [7, 11) is 1.82. The fourth-order valence-corrected chi connectivity index (χ4v) is 4.06. The highest BCUT2D eigenvalue weighted by atomic mass is 79.9. The van der Waals surface area contributed by atoms with E-state index in [1.54, 1.807) is 17.9 Å². The second-order valence-corrected chi connectivity index (χ2v) is 8.13. The molecule has 1 aliphatic carbocycles. The Morgan fingerprint density at radius 2 is 2.10 bits per heavy atom. The molecular weight excluding hydrogens is 352 g/mol. The predicted octanol–water partition coefficient (Wildman–Crippen LogP) is 3.28. The minimum Gasteiger partial charge on any atom is -0.344 e. The molecule has 0 bridgehead atoms. The van der Waals surface area contributed by atoms with E-state index >= 15 is 0 Å². The van der Waals surface area contributed by atoms with Crippen molar-refractivity contribution >= 4 is 39.1 Å². The van der Waals surface area contributed by atoms with Crippen LogP contribution in [0, 0.1) is 5.92 Å². The van der Waals surface area contributed by atoms with E-state index in [0.717, 1.165) is 10.3 Å². The molecule has 1 unspecified atom stereocenters. The second kappa shape index (κ2) is 7.40. The average molecular weight is 373 g/mol. The van der Waals surface area contributed by atoms with E-state index in [4.69, 9.17) is 0 Å². The molecule has 116 valence electrons. The first-order chi connectivity index (χ1) is 9.97. The smallest absolute Gasteiger partial charge is 0.262 e. The summed E-state index contributed by atoms with van der Waals surface area (Å²) in [6.45, 7) is 2.54. The standard InChI is InChI=1S/C15H21BrN2O2S/c1-10(17-14(19)12-7-8-13(16)21-12)15(20)18(2)9-11-5-3-4-6-11/h7-8,10-11H,3-6,9H2,1-2H3,(H,17,19). The molecule has 1 heterocycles. The highest BCUT2D eigenvalue weighted by Crippen LogP contribution is 2.25. The van der Waals surface area contributed by atoms with Crippen LogP contribution in [-0.4, -0.2) is 36.3 Å². The maximum Gasteiger partial charge on any atom is 0.262 e. The van der Waals surface area contributed by atoms with E-state index in [0.29, 0.717) is 10.8 Å². The number of amides is 2. The van der Waals surface area contributed by atoms with Gasteiger partial charge < -0.3 is 10.2 Å². The van der Waals surface area contributed by atoms with Gasteiger partial charge in [-0.3, -0.25) is 9.59 Å². The largest absolute Gasteiger partial charge is 0.344 e.